The highest BCUT2D eigenvalue weighted by Gasteiger charge is 2.37. The van der Waals surface area contributed by atoms with Crippen molar-refractivity contribution in [1.29, 1.82) is 0 Å². The van der Waals surface area contributed by atoms with E-state index in [1.165, 1.54) is 16.9 Å². The number of hydrogen-bond donors (Lipinski definition) is 3. The van der Waals surface area contributed by atoms with E-state index in [-0.39, 0.29) is 11.7 Å². The SMILES string of the molecule is CCC(C)(C)[C@@H]1CCc2c(sc3c2C(=O)N[C@@H](c2cc(Br)cc(C)c2O)N3)C1. The average Bonchev–Trinajstić information content (AvgIpc) is 3.02. The standard InChI is InChI=1S/C22H27BrN2O2S/c1-5-22(3,4)12-6-7-14-16(9-12)28-21-17(14)20(27)24-19(25-21)15-10-13(23)8-11(2)18(15)26/h8,10,12,19,25-26H,5-7,9H2,1-4H3,(H,24,27)/t12-,19-/m1/s1. The number of aromatic hydroxyl groups is 1. The molecule has 1 aromatic carbocycles. The molecule has 0 fully saturated rings. The van der Waals surface area contributed by atoms with E-state index in [1.807, 2.05) is 19.1 Å². The Balaban J connectivity index is 1.67. The molecular weight excluding hydrogens is 436 g/mol. The summed E-state index contributed by atoms with van der Waals surface area (Å²) in [6.07, 6.45) is 3.89. The number of aryl methyl sites for hydroxylation is 1. The van der Waals surface area contributed by atoms with Gasteiger partial charge in [0.15, 0.2) is 0 Å². The van der Waals surface area contributed by atoms with Gasteiger partial charge in [0, 0.05) is 14.9 Å². The van der Waals surface area contributed by atoms with Crippen LogP contribution in [0.4, 0.5) is 5.00 Å². The van der Waals surface area contributed by atoms with Gasteiger partial charge in [-0.15, -0.1) is 11.3 Å². The Labute approximate surface area is 178 Å². The van der Waals surface area contributed by atoms with Crippen LogP contribution in [-0.4, -0.2) is 11.0 Å². The molecule has 1 aromatic heterocycles. The van der Waals surface area contributed by atoms with Gasteiger partial charge in [0.1, 0.15) is 16.9 Å². The van der Waals surface area contributed by atoms with Crippen molar-refractivity contribution in [3.63, 3.8) is 0 Å². The minimum Gasteiger partial charge on any atom is -0.507 e. The normalized spacial score (nSPS) is 21.5. The number of carbonyl (C=O) groups is 1. The number of phenolic OH excluding ortho intramolecular Hbond substituents is 1. The van der Waals surface area contributed by atoms with Crippen LogP contribution in [0.3, 0.4) is 0 Å². The van der Waals surface area contributed by atoms with Crippen molar-refractivity contribution in [2.45, 2.75) is 59.5 Å². The molecule has 0 spiro atoms. The summed E-state index contributed by atoms with van der Waals surface area (Å²) < 4.78 is 0.884. The van der Waals surface area contributed by atoms with E-state index < -0.39 is 6.17 Å². The lowest BCUT2D eigenvalue weighted by molar-refractivity contribution is 0.0934. The largest absolute Gasteiger partial charge is 0.507 e. The molecule has 2 aromatic rings. The predicted molar refractivity (Wildman–Crippen MR) is 118 cm³/mol. The van der Waals surface area contributed by atoms with Crippen molar-refractivity contribution >= 4 is 38.2 Å². The fourth-order valence-electron chi connectivity index (χ4n) is 4.39. The molecule has 0 saturated carbocycles. The maximum atomic E-state index is 13.0. The van der Waals surface area contributed by atoms with Gasteiger partial charge in [-0.25, -0.2) is 0 Å². The minimum atomic E-state index is -0.431. The van der Waals surface area contributed by atoms with Crippen molar-refractivity contribution in [3.05, 3.63) is 43.7 Å². The van der Waals surface area contributed by atoms with E-state index in [4.69, 9.17) is 0 Å². The molecule has 2 aliphatic rings. The Kier molecular flexibility index (Phi) is 4.99. The summed E-state index contributed by atoms with van der Waals surface area (Å²) in [5, 5.41) is 18.0. The van der Waals surface area contributed by atoms with Crippen LogP contribution in [-0.2, 0) is 12.8 Å². The predicted octanol–water partition coefficient (Wildman–Crippen LogP) is 5.92. The van der Waals surface area contributed by atoms with Gasteiger partial charge < -0.3 is 15.7 Å². The van der Waals surface area contributed by atoms with E-state index in [9.17, 15) is 9.90 Å². The lowest BCUT2D eigenvalue weighted by Gasteiger charge is -2.36. The number of thiophene rings is 1. The highest BCUT2D eigenvalue weighted by Crippen LogP contribution is 2.47. The second-order valence-electron chi connectivity index (χ2n) is 8.70. The van der Waals surface area contributed by atoms with Crippen molar-refractivity contribution in [2.24, 2.45) is 11.3 Å². The van der Waals surface area contributed by atoms with Crippen LogP contribution in [0.25, 0.3) is 0 Å². The summed E-state index contributed by atoms with van der Waals surface area (Å²) in [7, 11) is 0. The quantitative estimate of drug-likeness (QED) is 0.530. The molecule has 6 heteroatoms. The molecule has 2 heterocycles. The van der Waals surface area contributed by atoms with Gasteiger partial charge in [-0.2, -0.15) is 0 Å². The molecule has 2 atom stereocenters. The van der Waals surface area contributed by atoms with Crippen LogP contribution in [0.5, 0.6) is 5.75 Å². The summed E-state index contributed by atoms with van der Waals surface area (Å²) >= 11 is 5.21. The summed E-state index contributed by atoms with van der Waals surface area (Å²) in [5.74, 6) is 0.831. The molecule has 0 bridgehead atoms. The Morgan fingerprint density at radius 2 is 2.07 bits per heavy atom. The number of carbonyl (C=O) groups excluding carboxylic acids is 1. The number of benzene rings is 1. The Morgan fingerprint density at radius 1 is 1.32 bits per heavy atom. The molecule has 0 unspecified atom stereocenters. The topological polar surface area (TPSA) is 61.4 Å². The smallest absolute Gasteiger partial charge is 0.256 e. The van der Waals surface area contributed by atoms with Crippen LogP contribution in [0.2, 0.25) is 0 Å². The van der Waals surface area contributed by atoms with Gasteiger partial charge in [-0.1, -0.05) is 43.1 Å². The Hall–Kier alpha value is -1.53. The van der Waals surface area contributed by atoms with Gasteiger partial charge in [0.05, 0.1) is 5.56 Å². The van der Waals surface area contributed by atoms with Crippen LogP contribution >= 0.6 is 27.3 Å². The number of nitrogens with one attached hydrogen (secondary N) is 2. The van der Waals surface area contributed by atoms with Crippen LogP contribution < -0.4 is 10.6 Å². The fraction of sp³-hybridized carbons (Fsp3) is 0.500. The maximum absolute atomic E-state index is 13.0. The zero-order chi connectivity index (χ0) is 20.2. The first-order valence-electron chi connectivity index (χ1n) is 9.92. The third kappa shape index (κ3) is 3.24. The second kappa shape index (κ2) is 7.06. The second-order valence-corrected chi connectivity index (χ2v) is 10.7. The first-order valence-corrected chi connectivity index (χ1v) is 11.5. The third-order valence-electron chi connectivity index (χ3n) is 6.67. The number of amides is 1. The number of phenols is 1. The van der Waals surface area contributed by atoms with Crippen molar-refractivity contribution in [3.8, 4) is 5.75 Å². The highest BCUT2D eigenvalue weighted by molar-refractivity contribution is 9.10. The number of fused-ring (bicyclic) bond motifs is 3. The molecule has 1 amide bonds. The molecule has 4 nitrogen and oxygen atoms in total. The summed E-state index contributed by atoms with van der Waals surface area (Å²) in [4.78, 5) is 14.3. The molecule has 150 valence electrons. The van der Waals surface area contributed by atoms with Gasteiger partial charge in [-0.3, -0.25) is 4.79 Å². The van der Waals surface area contributed by atoms with Crippen molar-refractivity contribution in [1.82, 2.24) is 5.32 Å². The molecule has 4 rings (SSSR count). The van der Waals surface area contributed by atoms with E-state index in [1.54, 1.807) is 11.3 Å². The van der Waals surface area contributed by atoms with Gasteiger partial charge >= 0.3 is 0 Å². The molecule has 1 aliphatic carbocycles. The van der Waals surface area contributed by atoms with E-state index in [0.717, 1.165) is 39.9 Å². The average molecular weight is 463 g/mol. The first kappa shape index (κ1) is 19.8. The van der Waals surface area contributed by atoms with Crippen LogP contribution in [0, 0.1) is 18.3 Å². The molecule has 3 N–H and O–H groups in total. The Morgan fingerprint density at radius 3 is 2.79 bits per heavy atom. The zero-order valence-electron chi connectivity index (χ0n) is 16.8. The number of halogens is 1. The van der Waals surface area contributed by atoms with Crippen LogP contribution in [0.1, 0.15) is 71.7 Å². The summed E-state index contributed by atoms with van der Waals surface area (Å²) in [5.41, 5.74) is 3.82. The molecule has 0 radical (unpaired) electrons. The monoisotopic (exact) mass is 462 g/mol. The van der Waals surface area contributed by atoms with Gasteiger partial charge in [0.25, 0.3) is 5.91 Å². The number of hydrogen-bond acceptors (Lipinski definition) is 4. The Bertz CT molecular complexity index is 950. The zero-order valence-corrected chi connectivity index (χ0v) is 19.2. The molecular formula is C22H27BrN2O2S. The first-order chi connectivity index (χ1) is 13.2. The molecule has 1 aliphatic heterocycles. The highest BCUT2D eigenvalue weighted by atomic mass is 79.9. The molecule has 28 heavy (non-hydrogen) atoms. The van der Waals surface area contributed by atoms with E-state index >= 15 is 0 Å². The van der Waals surface area contributed by atoms with Crippen molar-refractivity contribution in [2.75, 3.05) is 5.32 Å². The molecule has 0 saturated heterocycles. The lowest BCUT2D eigenvalue weighted by Crippen LogP contribution is -2.38. The van der Waals surface area contributed by atoms with Crippen molar-refractivity contribution < 1.29 is 9.90 Å². The summed E-state index contributed by atoms with van der Waals surface area (Å²) in [6.45, 7) is 8.84. The van der Waals surface area contributed by atoms with Gasteiger partial charge in [0.2, 0.25) is 0 Å². The number of anilines is 1. The lowest BCUT2D eigenvalue weighted by atomic mass is 9.69. The van der Waals surface area contributed by atoms with Gasteiger partial charge in [-0.05, 0) is 60.8 Å². The van der Waals surface area contributed by atoms with E-state index in [2.05, 4.69) is 47.3 Å². The summed E-state index contributed by atoms with van der Waals surface area (Å²) in [6, 6.07) is 3.73. The van der Waals surface area contributed by atoms with Crippen LogP contribution in [0.15, 0.2) is 16.6 Å². The van der Waals surface area contributed by atoms with E-state index in [0.29, 0.717) is 16.9 Å². The number of rotatable bonds is 3. The third-order valence-corrected chi connectivity index (χ3v) is 8.31. The minimum absolute atomic E-state index is 0.0403. The fourth-order valence-corrected chi connectivity index (χ4v) is 6.33. The maximum Gasteiger partial charge on any atom is 0.256 e.